The molecule has 0 fully saturated rings. The van der Waals surface area contributed by atoms with Crippen LogP contribution < -0.4 is 11.3 Å². The Morgan fingerprint density at radius 2 is 1.54 bits per heavy atom. The van der Waals surface area contributed by atoms with Crippen molar-refractivity contribution in [1.29, 1.82) is 0 Å². The number of nitrogens with zero attached hydrogens (tertiary/aromatic N) is 2. The van der Waals surface area contributed by atoms with E-state index in [0.717, 1.165) is 0 Å². The first-order chi connectivity index (χ1) is 12.6. The van der Waals surface area contributed by atoms with Crippen molar-refractivity contribution in [3.05, 3.63) is 45.4 Å². The van der Waals surface area contributed by atoms with E-state index >= 15 is 0 Å². The molecule has 154 valence electrons. The zero-order valence-electron chi connectivity index (χ0n) is 13.7. The monoisotopic (exact) mass is 419 g/mol. The molecule has 0 radical (unpaired) electrons. The third kappa shape index (κ3) is 3.92. The van der Waals surface area contributed by atoms with E-state index in [1.807, 2.05) is 0 Å². The molecule has 1 aromatic heterocycles. The Balaban J connectivity index is 2.95. The largest absolute Gasteiger partial charge is 0.435 e. The average Bonchev–Trinajstić information content (AvgIpc) is 2.53. The van der Waals surface area contributed by atoms with Gasteiger partial charge in [-0.05, 0) is 19.1 Å². The van der Waals surface area contributed by atoms with Gasteiger partial charge in [0.15, 0.2) is 5.69 Å². The lowest BCUT2D eigenvalue weighted by atomic mass is 10.0. The molecule has 0 spiro atoms. The lowest BCUT2D eigenvalue weighted by Crippen LogP contribution is -2.30. The highest BCUT2D eigenvalue weighted by molar-refractivity contribution is 5.64. The summed E-state index contributed by atoms with van der Waals surface area (Å²) in [6.45, 7) is 0.790. The highest BCUT2D eigenvalue weighted by atomic mass is 19.4. The molecule has 2 rings (SSSR count). The Morgan fingerprint density at radius 3 is 1.96 bits per heavy atom. The fourth-order valence-electron chi connectivity index (χ4n) is 2.43. The Morgan fingerprint density at radius 1 is 0.964 bits per heavy atom. The van der Waals surface area contributed by atoms with Gasteiger partial charge in [0.05, 0.1) is 11.1 Å². The number of alkyl halides is 9. The molecule has 0 bridgehead atoms. The van der Waals surface area contributed by atoms with Crippen LogP contribution in [-0.2, 0) is 25.1 Å². The SMILES string of the molecule is CCn1c(-c2ccc(C(F)(F)F)cc2C(F)(F)F)nc(C(F)(F)F)c(N)c1=O. The predicted octanol–water partition coefficient (Wildman–Crippen LogP) is 4.57. The van der Waals surface area contributed by atoms with E-state index in [1.54, 1.807) is 0 Å². The molecular weight excluding hydrogens is 409 g/mol. The third-order valence-corrected chi connectivity index (χ3v) is 3.68. The normalized spacial score (nSPS) is 13.1. The van der Waals surface area contributed by atoms with Crippen LogP contribution in [-0.4, -0.2) is 9.55 Å². The van der Waals surface area contributed by atoms with Gasteiger partial charge in [0.1, 0.15) is 11.5 Å². The molecule has 0 unspecified atom stereocenters. The Kier molecular flexibility index (Phi) is 5.17. The topological polar surface area (TPSA) is 60.9 Å². The zero-order valence-corrected chi connectivity index (χ0v) is 13.7. The summed E-state index contributed by atoms with van der Waals surface area (Å²) in [5, 5.41) is 0. The van der Waals surface area contributed by atoms with Crippen molar-refractivity contribution in [2.45, 2.75) is 32.0 Å². The molecule has 2 N–H and O–H groups in total. The quantitative estimate of drug-likeness (QED) is 0.726. The molecule has 4 nitrogen and oxygen atoms in total. The number of hydrogen-bond donors (Lipinski definition) is 1. The van der Waals surface area contributed by atoms with Crippen LogP contribution in [0.2, 0.25) is 0 Å². The van der Waals surface area contributed by atoms with Crippen LogP contribution in [0.4, 0.5) is 45.2 Å². The van der Waals surface area contributed by atoms with Gasteiger partial charge in [-0.2, -0.15) is 39.5 Å². The second-order valence-electron chi connectivity index (χ2n) is 5.50. The van der Waals surface area contributed by atoms with E-state index in [9.17, 15) is 44.3 Å². The molecule has 2 aromatic rings. The lowest BCUT2D eigenvalue weighted by Gasteiger charge is -2.19. The summed E-state index contributed by atoms with van der Waals surface area (Å²) in [5.74, 6) is -1.10. The Bertz CT molecular complexity index is 955. The van der Waals surface area contributed by atoms with Crippen molar-refractivity contribution < 1.29 is 39.5 Å². The zero-order chi connectivity index (χ0) is 21.7. The number of nitrogens with two attached hydrogens (primary N) is 1. The van der Waals surface area contributed by atoms with Crippen LogP contribution in [0.1, 0.15) is 23.7 Å². The second-order valence-corrected chi connectivity index (χ2v) is 5.50. The summed E-state index contributed by atoms with van der Waals surface area (Å²) in [4.78, 5) is 15.1. The minimum Gasteiger partial charge on any atom is -0.392 e. The number of hydrogen-bond acceptors (Lipinski definition) is 3. The summed E-state index contributed by atoms with van der Waals surface area (Å²) >= 11 is 0. The fraction of sp³-hybridized carbons (Fsp3) is 0.333. The van der Waals surface area contributed by atoms with E-state index in [1.165, 1.54) is 6.92 Å². The average molecular weight is 419 g/mol. The minimum absolute atomic E-state index is 0.250. The molecule has 0 aliphatic rings. The van der Waals surface area contributed by atoms with Crippen molar-refractivity contribution in [3.63, 3.8) is 0 Å². The number of aromatic nitrogens is 2. The highest BCUT2D eigenvalue weighted by Gasteiger charge is 2.41. The number of benzene rings is 1. The van der Waals surface area contributed by atoms with Crippen LogP contribution in [0.3, 0.4) is 0 Å². The number of halogens is 9. The first-order valence-electron chi connectivity index (χ1n) is 7.35. The summed E-state index contributed by atoms with van der Waals surface area (Å²) in [6, 6.07) is 0.307. The van der Waals surface area contributed by atoms with E-state index in [4.69, 9.17) is 5.73 Å². The molecule has 13 heteroatoms. The highest BCUT2D eigenvalue weighted by Crippen LogP contribution is 2.41. The number of nitrogen functional groups attached to an aromatic ring is 1. The lowest BCUT2D eigenvalue weighted by molar-refractivity contribution is -0.142. The maximum atomic E-state index is 13.3. The molecule has 0 atom stereocenters. The summed E-state index contributed by atoms with van der Waals surface area (Å²) < 4.78 is 118. The third-order valence-electron chi connectivity index (χ3n) is 3.68. The maximum Gasteiger partial charge on any atom is 0.435 e. The van der Waals surface area contributed by atoms with Gasteiger partial charge in [-0.25, -0.2) is 4.98 Å². The van der Waals surface area contributed by atoms with Gasteiger partial charge in [-0.1, -0.05) is 6.07 Å². The number of anilines is 1. The second kappa shape index (κ2) is 6.71. The van der Waals surface area contributed by atoms with Crippen LogP contribution >= 0.6 is 0 Å². The van der Waals surface area contributed by atoms with Gasteiger partial charge in [0.25, 0.3) is 5.56 Å². The minimum atomic E-state index is -5.37. The van der Waals surface area contributed by atoms with Gasteiger partial charge < -0.3 is 5.73 Å². The van der Waals surface area contributed by atoms with E-state index in [-0.39, 0.29) is 12.1 Å². The molecular formula is C15H10F9N3O. The van der Waals surface area contributed by atoms with Crippen molar-refractivity contribution in [3.8, 4) is 11.4 Å². The first kappa shape index (κ1) is 21.6. The molecule has 0 saturated carbocycles. The molecule has 1 aromatic carbocycles. The fourth-order valence-corrected chi connectivity index (χ4v) is 2.43. The van der Waals surface area contributed by atoms with Crippen molar-refractivity contribution >= 4 is 5.69 Å². The maximum absolute atomic E-state index is 13.3. The van der Waals surface area contributed by atoms with Crippen LogP contribution in [0.5, 0.6) is 0 Å². The van der Waals surface area contributed by atoms with E-state index < -0.39 is 64.5 Å². The van der Waals surface area contributed by atoms with Gasteiger partial charge >= 0.3 is 18.5 Å². The molecule has 0 aliphatic carbocycles. The van der Waals surface area contributed by atoms with Gasteiger partial charge in [0.2, 0.25) is 0 Å². The summed E-state index contributed by atoms with van der Waals surface area (Å²) in [7, 11) is 0. The predicted molar refractivity (Wildman–Crippen MR) is 79.0 cm³/mol. The van der Waals surface area contributed by atoms with E-state index in [0.29, 0.717) is 10.6 Å². The molecule has 28 heavy (non-hydrogen) atoms. The van der Waals surface area contributed by atoms with E-state index in [2.05, 4.69) is 4.98 Å². The van der Waals surface area contributed by atoms with Gasteiger partial charge in [0, 0.05) is 12.1 Å². The Labute approximate surface area is 150 Å². The van der Waals surface area contributed by atoms with Crippen molar-refractivity contribution in [2.24, 2.45) is 0 Å². The number of rotatable bonds is 2. The summed E-state index contributed by atoms with van der Waals surface area (Å²) in [5.41, 5.74) is -4.30. The molecule has 0 amide bonds. The standard InChI is InChI=1S/C15H10F9N3O/c1-2-27-11(26-10(15(22,23)24)9(25)12(27)28)7-4-3-6(13(16,17)18)5-8(7)14(19,20)21/h3-5H,2,25H2,1H3. The van der Waals surface area contributed by atoms with Crippen molar-refractivity contribution in [1.82, 2.24) is 9.55 Å². The van der Waals surface area contributed by atoms with Crippen LogP contribution in [0, 0.1) is 0 Å². The van der Waals surface area contributed by atoms with Gasteiger partial charge in [-0.3, -0.25) is 9.36 Å². The first-order valence-corrected chi connectivity index (χ1v) is 7.35. The molecule has 0 saturated heterocycles. The summed E-state index contributed by atoms with van der Waals surface area (Å²) in [6.07, 6.45) is -15.8. The smallest absolute Gasteiger partial charge is 0.392 e. The molecule has 1 heterocycles. The van der Waals surface area contributed by atoms with Crippen LogP contribution in [0.15, 0.2) is 23.0 Å². The van der Waals surface area contributed by atoms with Crippen molar-refractivity contribution in [2.75, 3.05) is 5.73 Å². The Hall–Kier alpha value is -2.73. The molecule has 0 aliphatic heterocycles. The van der Waals surface area contributed by atoms with Gasteiger partial charge in [-0.15, -0.1) is 0 Å². The van der Waals surface area contributed by atoms with Crippen LogP contribution in [0.25, 0.3) is 11.4 Å².